The Balaban J connectivity index is 1.36. The van der Waals surface area contributed by atoms with Gasteiger partial charge in [0.15, 0.2) is 0 Å². The average molecular weight is 439 g/mol. The first-order valence-corrected chi connectivity index (χ1v) is 11.2. The number of amides is 1. The van der Waals surface area contributed by atoms with Gasteiger partial charge in [-0.05, 0) is 41.5 Å². The van der Waals surface area contributed by atoms with E-state index in [2.05, 4.69) is 39.5 Å². The zero-order chi connectivity index (χ0) is 22.6. The maximum atomic E-state index is 13.1. The molecule has 6 heteroatoms. The number of carbonyl (C=O) groups is 1. The first-order valence-electron chi connectivity index (χ1n) is 11.2. The Bertz CT molecular complexity index is 1280. The molecule has 33 heavy (non-hydrogen) atoms. The van der Waals surface area contributed by atoms with E-state index in [4.69, 9.17) is 9.72 Å². The molecular formula is C27H26N4O2. The van der Waals surface area contributed by atoms with Gasteiger partial charge in [0.1, 0.15) is 0 Å². The molecule has 3 aromatic carbocycles. The van der Waals surface area contributed by atoms with E-state index in [9.17, 15) is 4.79 Å². The molecule has 1 aliphatic rings. The third-order valence-corrected chi connectivity index (χ3v) is 5.99. The van der Waals surface area contributed by atoms with Gasteiger partial charge in [0.05, 0.1) is 24.9 Å². The van der Waals surface area contributed by atoms with Crippen LogP contribution in [-0.4, -0.2) is 42.2 Å². The highest BCUT2D eigenvalue weighted by Crippen LogP contribution is 2.25. The lowest BCUT2D eigenvalue weighted by molar-refractivity contribution is 0.0940. The molecule has 1 atom stereocenters. The van der Waals surface area contributed by atoms with Crippen molar-refractivity contribution < 1.29 is 9.53 Å². The number of nitrogens with one attached hydrogen (secondary N) is 1. The summed E-state index contributed by atoms with van der Waals surface area (Å²) in [7, 11) is 0. The Morgan fingerprint density at radius 1 is 1.00 bits per heavy atom. The minimum atomic E-state index is -0.126. The van der Waals surface area contributed by atoms with Gasteiger partial charge in [-0.1, -0.05) is 54.6 Å². The fraction of sp³-hybridized carbons (Fsp3) is 0.222. The highest BCUT2D eigenvalue weighted by molar-refractivity contribution is 5.96. The lowest BCUT2D eigenvalue weighted by Crippen LogP contribution is -2.37. The number of benzene rings is 3. The Labute approximate surface area is 193 Å². The first kappa shape index (κ1) is 21.1. The van der Waals surface area contributed by atoms with E-state index in [-0.39, 0.29) is 11.9 Å². The summed E-state index contributed by atoms with van der Waals surface area (Å²) in [5, 5.41) is 5.47. The fourth-order valence-electron chi connectivity index (χ4n) is 4.23. The molecule has 1 fully saturated rings. The molecule has 2 heterocycles. The maximum absolute atomic E-state index is 13.1. The molecule has 1 saturated heterocycles. The van der Waals surface area contributed by atoms with Gasteiger partial charge < -0.3 is 15.0 Å². The summed E-state index contributed by atoms with van der Waals surface area (Å²) < 4.78 is 5.42. The third-order valence-electron chi connectivity index (χ3n) is 5.99. The molecule has 0 saturated carbocycles. The minimum Gasteiger partial charge on any atom is -0.378 e. The van der Waals surface area contributed by atoms with E-state index < -0.39 is 0 Å². The van der Waals surface area contributed by atoms with Crippen molar-refractivity contribution in [3.05, 3.63) is 90.1 Å². The van der Waals surface area contributed by atoms with E-state index in [0.717, 1.165) is 40.7 Å². The van der Waals surface area contributed by atoms with Gasteiger partial charge in [-0.25, -0.2) is 9.97 Å². The van der Waals surface area contributed by atoms with Crippen molar-refractivity contribution in [2.24, 2.45) is 0 Å². The monoisotopic (exact) mass is 438 g/mol. The number of carbonyl (C=O) groups excluding carboxylic acids is 1. The second-order valence-electron chi connectivity index (χ2n) is 8.19. The molecule has 5 rings (SSSR count). The van der Waals surface area contributed by atoms with Gasteiger partial charge >= 0.3 is 0 Å². The lowest BCUT2D eigenvalue weighted by atomic mass is 9.99. The van der Waals surface area contributed by atoms with Crippen molar-refractivity contribution >= 4 is 22.6 Å². The molecule has 0 unspecified atom stereocenters. The largest absolute Gasteiger partial charge is 0.378 e. The van der Waals surface area contributed by atoms with Crippen LogP contribution in [0.5, 0.6) is 0 Å². The van der Waals surface area contributed by atoms with Crippen LogP contribution >= 0.6 is 0 Å². The highest BCUT2D eigenvalue weighted by Gasteiger charge is 2.16. The number of nitrogens with zero attached hydrogens (tertiary/aromatic N) is 3. The van der Waals surface area contributed by atoms with Crippen molar-refractivity contribution in [1.29, 1.82) is 0 Å². The van der Waals surface area contributed by atoms with Crippen molar-refractivity contribution in [3.8, 4) is 11.3 Å². The smallest absolute Gasteiger partial charge is 0.251 e. The highest BCUT2D eigenvalue weighted by atomic mass is 16.5. The summed E-state index contributed by atoms with van der Waals surface area (Å²) in [6.45, 7) is 4.93. The van der Waals surface area contributed by atoms with Crippen molar-refractivity contribution in [2.75, 3.05) is 31.2 Å². The van der Waals surface area contributed by atoms with E-state index in [0.29, 0.717) is 24.7 Å². The number of ether oxygens (including phenoxy) is 1. The SMILES string of the molecule is C[C@@H](NC(=O)c1cccc(-c2ccnc(N3CCOCC3)n2)c1)c1cccc2ccccc12. The number of hydrogen-bond donors (Lipinski definition) is 1. The molecule has 1 aliphatic heterocycles. The molecular weight excluding hydrogens is 412 g/mol. The van der Waals surface area contributed by atoms with Gasteiger partial charge in [-0.15, -0.1) is 0 Å². The minimum absolute atomic E-state index is 0.111. The van der Waals surface area contributed by atoms with Crippen molar-refractivity contribution in [3.63, 3.8) is 0 Å². The van der Waals surface area contributed by atoms with Crippen LogP contribution in [0.25, 0.3) is 22.0 Å². The Hall–Kier alpha value is -3.77. The Morgan fingerprint density at radius 2 is 1.79 bits per heavy atom. The number of fused-ring (bicyclic) bond motifs is 1. The van der Waals surface area contributed by atoms with Crippen LogP contribution in [0.1, 0.15) is 28.9 Å². The fourth-order valence-corrected chi connectivity index (χ4v) is 4.23. The predicted molar refractivity (Wildman–Crippen MR) is 130 cm³/mol. The van der Waals surface area contributed by atoms with Crippen LogP contribution in [0.2, 0.25) is 0 Å². The average Bonchev–Trinajstić information content (AvgIpc) is 2.89. The van der Waals surface area contributed by atoms with E-state index in [1.807, 2.05) is 55.5 Å². The number of aromatic nitrogens is 2. The van der Waals surface area contributed by atoms with Gasteiger partial charge in [0.25, 0.3) is 5.91 Å². The maximum Gasteiger partial charge on any atom is 0.251 e. The molecule has 0 spiro atoms. The summed E-state index contributed by atoms with van der Waals surface area (Å²) in [5.74, 6) is 0.579. The van der Waals surface area contributed by atoms with Crippen LogP contribution < -0.4 is 10.2 Å². The second-order valence-corrected chi connectivity index (χ2v) is 8.19. The van der Waals surface area contributed by atoms with Crippen molar-refractivity contribution in [2.45, 2.75) is 13.0 Å². The zero-order valence-corrected chi connectivity index (χ0v) is 18.6. The molecule has 1 amide bonds. The normalized spacial score (nSPS) is 14.8. The van der Waals surface area contributed by atoms with Crippen LogP contribution in [0.4, 0.5) is 5.95 Å². The summed E-state index contributed by atoms with van der Waals surface area (Å²) in [5.41, 5.74) is 3.38. The molecule has 166 valence electrons. The summed E-state index contributed by atoms with van der Waals surface area (Å²) in [6, 6.07) is 23.7. The van der Waals surface area contributed by atoms with Crippen LogP contribution in [0.3, 0.4) is 0 Å². The zero-order valence-electron chi connectivity index (χ0n) is 18.6. The number of rotatable bonds is 5. The van der Waals surface area contributed by atoms with Crippen LogP contribution in [0.15, 0.2) is 79.0 Å². The molecule has 1 N–H and O–H groups in total. The first-order chi connectivity index (χ1) is 16.2. The van der Waals surface area contributed by atoms with Gasteiger partial charge in [-0.2, -0.15) is 0 Å². The number of anilines is 1. The number of morpholine rings is 1. The van der Waals surface area contributed by atoms with Gasteiger partial charge in [0.2, 0.25) is 5.95 Å². The summed E-state index contributed by atoms with van der Waals surface area (Å²) in [4.78, 5) is 24.4. The van der Waals surface area contributed by atoms with Gasteiger partial charge in [-0.3, -0.25) is 4.79 Å². The van der Waals surface area contributed by atoms with Crippen LogP contribution in [-0.2, 0) is 4.74 Å². The van der Waals surface area contributed by atoms with Crippen LogP contribution in [0, 0.1) is 0 Å². The standard InChI is InChI=1S/C27H26N4O2/c1-19(23-11-5-7-20-6-2-3-10-24(20)23)29-26(32)22-9-4-8-21(18-22)25-12-13-28-27(30-25)31-14-16-33-17-15-31/h2-13,18-19H,14-17H2,1H3,(H,29,32)/t19-/m1/s1. The second kappa shape index (κ2) is 9.38. The quantitative estimate of drug-likeness (QED) is 0.492. The van der Waals surface area contributed by atoms with Crippen molar-refractivity contribution in [1.82, 2.24) is 15.3 Å². The molecule has 0 radical (unpaired) electrons. The van der Waals surface area contributed by atoms with E-state index in [1.165, 1.54) is 0 Å². The summed E-state index contributed by atoms with van der Waals surface area (Å²) in [6.07, 6.45) is 1.77. The molecule has 0 bridgehead atoms. The molecule has 1 aromatic heterocycles. The van der Waals surface area contributed by atoms with Gasteiger partial charge in [0, 0.05) is 30.4 Å². The molecule has 4 aromatic rings. The number of hydrogen-bond acceptors (Lipinski definition) is 5. The molecule has 6 nitrogen and oxygen atoms in total. The Kier molecular flexibility index (Phi) is 6.00. The molecule has 0 aliphatic carbocycles. The Morgan fingerprint density at radius 3 is 2.67 bits per heavy atom. The summed E-state index contributed by atoms with van der Waals surface area (Å²) >= 11 is 0. The third kappa shape index (κ3) is 4.56. The van der Waals surface area contributed by atoms with E-state index >= 15 is 0 Å². The predicted octanol–water partition coefficient (Wildman–Crippen LogP) is 4.62. The topological polar surface area (TPSA) is 67.4 Å². The van der Waals surface area contributed by atoms with E-state index in [1.54, 1.807) is 6.20 Å². The lowest BCUT2D eigenvalue weighted by Gasteiger charge is -2.26.